The number of aromatic nitrogens is 2. The molecule has 0 aliphatic heterocycles. The average molecular weight is 378 g/mol. The number of non-ortho nitro benzene ring substituents is 1. The summed E-state index contributed by atoms with van der Waals surface area (Å²) >= 11 is 7.48. The van der Waals surface area contributed by atoms with E-state index in [1.807, 2.05) is 0 Å². The average Bonchev–Trinajstić information content (AvgIpc) is 3.11. The number of nitro benzene ring substituents is 1. The Hall–Kier alpha value is -2.71. The van der Waals surface area contributed by atoms with Crippen LogP contribution >= 0.6 is 22.9 Å². The van der Waals surface area contributed by atoms with Crippen LogP contribution in [0.3, 0.4) is 0 Å². The summed E-state index contributed by atoms with van der Waals surface area (Å²) in [5.41, 5.74) is 1.29. The van der Waals surface area contributed by atoms with Crippen LogP contribution in [0.15, 0.2) is 36.4 Å². The molecule has 0 amide bonds. The predicted molar refractivity (Wildman–Crippen MR) is 95.5 cm³/mol. The van der Waals surface area contributed by atoms with Gasteiger partial charge in [0.05, 0.1) is 29.7 Å². The number of ether oxygens (including phenoxy) is 2. The first-order chi connectivity index (χ1) is 12.0. The fraction of sp³-hybridized carbons (Fsp3) is 0.125. The van der Waals surface area contributed by atoms with Gasteiger partial charge in [0.25, 0.3) is 5.69 Å². The summed E-state index contributed by atoms with van der Waals surface area (Å²) < 4.78 is 10.6. The number of benzene rings is 2. The van der Waals surface area contributed by atoms with Crippen LogP contribution in [0.25, 0.3) is 21.1 Å². The maximum atomic E-state index is 10.9. The summed E-state index contributed by atoms with van der Waals surface area (Å²) in [6.07, 6.45) is 0. The number of halogens is 1. The van der Waals surface area contributed by atoms with Crippen LogP contribution in [0.2, 0.25) is 5.02 Å². The molecule has 0 radical (unpaired) electrons. The van der Waals surface area contributed by atoms with Gasteiger partial charge in [0.15, 0.2) is 5.01 Å². The van der Waals surface area contributed by atoms with E-state index in [1.165, 1.54) is 37.7 Å². The summed E-state index contributed by atoms with van der Waals surface area (Å²) in [7, 11) is 3.06. The van der Waals surface area contributed by atoms with Crippen molar-refractivity contribution in [3.05, 3.63) is 51.5 Å². The minimum Gasteiger partial charge on any atom is -0.496 e. The first-order valence-electron chi connectivity index (χ1n) is 7.03. The van der Waals surface area contributed by atoms with Crippen molar-refractivity contribution in [2.75, 3.05) is 14.2 Å². The van der Waals surface area contributed by atoms with Gasteiger partial charge in [0.1, 0.15) is 16.5 Å². The summed E-state index contributed by atoms with van der Waals surface area (Å²) in [6.45, 7) is 0. The van der Waals surface area contributed by atoms with Crippen molar-refractivity contribution in [1.29, 1.82) is 0 Å². The van der Waals surface area contributed by atoms with E-state index in [-0.39, 0.29) is 5.69 Å². The third-order valence-electron chi connectivity index (χ3n) is 3.43. The summed E-state index contributed by atoms with van der Waals surface area (Å²) in [6, 6.07) is 9.61. The fourth-order valence-electron chi connectivity index (χ4n) is 2.23. The molecule has 3 rings (SSSR count). The fourth-order valence-corrected chi connectivity index (χ4v) is 3.33. The molecule has 128 valence electrons. The lowest BCUT2D eigenvalue weighted by Crippen LogP contribution is -1.91. The van der Waals surface area contributed by atoms with Crippen LogP contribution in [0.5, 0.6) is 11.5 Å². The van der Waals surface area contributed by atoms with Crippen LogP contribution in [0.1, 0.15) is 0 Å². The lowest BCUT2D eigenvalue weighted by molar-refractivity contribution is -0.384. The molecular weight excluding hydrogens is 366 g/mol. The van der Waals surface area contributed by atoms with Crippen LogP contribution in [0, 0.1) is 10.1 Å². The Morgan fingerprint density at radius 3 is 2.48 bits per heavy atom. The van der Waals surface area contributed by atoms with Gasteiger partial charge < -0.3 is 9.47 Å². The van der Waals surface area contributed by atoms with Crippen LogP contribution in [0.4, 0.5) is 5.69 Å². The topological polar surface area (TPSA) is 87.4 Å². The van der Waals surface area contributed by atoms with Crippen molar-refractivity contribution in [2.45, 2.75) is 0 Å². The molecule has 7 nitrogen and oxygen atoms in total. The summed E-state index contributed by atoms with van der Waals surface area (Å²) in [4.78, 5) is 10.5. The van der Waals surface area contributed by atoms with Crippen molar-refractivity contribution < 1.29 is 14.4 Å². The minimum absolute atomic E-state index is 0.000627. The number of nitrogens with zero attached hydrogens (tertiary/aromatic N) is 3. The Balaban J connectivity index is 2.03. The molecule has 1 heterocycles. The minimum atomic E-state index is -0.447. The quantitative estimate of drug-likeness (QED) is 0.482. The smallest absolute Gasteiger partial charge is 0.270 e. The SMILES string of the molecule is COc1cc(OC)c(-c2nnc(-c3cccc([N+](=O)[O-])c3)s2)cc1Cl. The van der Waals surface area contributed by atoms with E-state index in [0.29, 0.717) is 37.7 Å². The van der Waals surface area contributed by atoms with Gasteiger partial charge in [0, 0.05) is 23.8 Å². The standard InChI is InChI=1S/C16H12ClN3O4S/c1-23-13-8-14(24-2)12(17)7-11(13)16-19-18-15(25-16)9-4-3-5-10(6-9)20(21)22/h3-8H,1-2H3. The zero-order chi connectivity index (χ0) is 18.0. The van der Waals surface area contributed by atoms with Gasteiger partial charge in [-0.25, -0.2) is 0 Å². The van der Waals surface area contributed by atoms with Gasteiger partial charge >= 0.3 is 0 Å². The Bertz CT molecular complexity index is 945. The molecule has 0 bridgehead atoms. The molecule has 25 heavy (non-hydrogen) atoms. The molecule has 0 aliphatic rings. The molecule has 0 atom stereocenters. The molecule has 0 aliphatic carbocycles. The normalized spacial score (nSPS) is 10.5. The Morgan fingerprint density at radius 1 is 1.08 bits per heavy atom. The molecule has 2 aromatic carbocycles. The zero-order valence-corrected chi connectivity index (χ0v) is 14.8. The Morgan fingerprint density at radius 2 is 1.80 bits per heavy atom. The molecule has 3 aromatic rings. The number of nitro groups is 1. The van der Waals surface area contributed by atoms with Crippen LogP contribution in [-0.4, -0.2) is 29.3 Å². The van der Waals surface area contributed by atoms with Gasteiger partial charge in [-0.3, -0.25) is 10.1 Å². The van der Waals surface area contributed by atoms with E-state index in [4.69, 9.17) is 21.1 Å². The van der Waals surface area contributed by atoms with Crippen LogP contribution in [-0.2, 0) is 0 Å². The summed E-state index contributed by atoms with van der Waals surface area (Å²) in [5.74, 6) is 1.04. The van der Waals surface area contributed by atoms with Gasteiger partial charge in [-0.1, -0.05) is 35.1 Å². The Labute approximate surface area is 152 Å². The van der Waals surface area contributed by atoms with E-state index in [0.717, 1.165) is 0 Å². The van der Waals surface area contributed by atoms with Gasteiger partial charge in [-0.2, -0.15) is 0 Å². The lowest BCUT2D eigenvalue weighted by Gasteiger charge is -2.09. The van der Waals surface area contributed by atoms with E-state index >= 15 is 0 Å². The molecule has 0 saturated carbocycles. The van der Waals surface area contributed by atoms with Crippen molar-refractivity contribution in [1.82, 2.24) is 10.2 Å². The van der Waals surface area contributed by atoms with Crippen molar-refractivity contribution in [3.63, 3.8) is 0 Å². The van der Waals surface area contributed by atoms with Crippen molar-refractivity contribution >= 4 is 28.6 Å². The van der Waals surface area contributed by atoms with Gasteiger partial charge in [0.2, 0.25) is 0 Å². The second-order valence-electron chi connectivity index (χ2n) is 4.91. The number of methoxy groups -OCH3 is 2. The molecule has 9 heteroatoms. The second kappa shape index (κ2) is 7.04. The number of hydrogen-bond acceptors (Lipinski definition) is 7. The summed E-state index contributed by atoms with van der Waals surface area (Å²) in [5, 5.41) is 20.8. The lowest BCUT2D eigenvalue weighted by atomic mass is 10.2. The van der Waals surface area contributed by atoms with Crippen LogP contribution < -0.4 is 9.47 Å². The molecule has 0 spiro atoms. The third kappa shape index (κ3) is 3.40. The second-order valence-corrected chi connectivity index (χ2v) is 6.29. The molecular formula is C16H12ClN3O4S. The van der Waals surface area contributed by atoms with Gasteiger partial charge in [-0.05, 0) is 6.07 Å². The highest BCUT2D eigenvalue weighted by Gasteiger charge is 2.17. The first kappa shape index (κ1) is 17.1. The number of hydrogen-bond donors (Lipinski definition) is 0. The highest BCUT2D eigenvalue weighted by atomic mass is 35.5. The maximum absolute atomic E-state index is 10.9. The molecule has 0 unspecified atom stereocenters. The predicted octanol–water partition coefficient (Wildman–Crippen LogP) is 4.45. The third-order valence-corrected chi connectivity index (χ3v) is 4.73. The molecule has 0 saturated heterocycles. The molecule has 0 N–H and O–H groups in total. The highest BCUT2D eigenvalue weighted by molar-refractivity contribution is 7.18. The molecule has 1 aromatic heterocycles. The zero-order valence-electron chi connectivity index (χ0n) is 13.2. The van der Waals surface area contributed by atoms with E-state index < -0.39 is 4.92 Å². The van der Waals surface area contributed by atoms with Crippen molar-refractivity contribution in [2.24, 2.45) is 0 Å². The van der Waals surface area contributed by atoms with E-state index in [1.54, 1.807) is 24.3 Å². The first-order valence-corrected chi connectivity index (χ1v) is 8.23. The van der Waals surface area contributed by atoms with E-state index in [2.05, 4.69) is 10.2 Å². The molecule has 0 fully saturated rings. The van der Waals surface area contributed by atoms with Gasteiger partial charge in [-0.15, -0.1) is 10.2 Å². The highest BCUT2D eigenvalue weighted by Crippen LogP contribution is 2.40. The van der Waals surface area contributed by atoms with E-state index in [9.17, 15) is 10.1 Å². The van der Waals surface area contributed by atoms with Crippen molar-refractivity contribution in [3.8, 4) is 32.6 Å². The maximum Gasteiger partial charge on any atom is 0.270 e. The number of rotatable bonds is 5. The monoisotopic (exact) mass is 377 g/mol. The Kier molecular flexibility index (Phi) is 4.82. The largest absolute Gasteiger partial charge is 0.496 e.